The van der Waals surface area contributed by atoms with Gasteiger partial charge in [0.1, 0.15) is 4.83 Å². The van der Waals surface area contributed by atoms with Gasteiger partial charge in [-0.1, -0.05) is 32.9 Å². The third kappa shape index (κ3) is 3.64. The molecule has 0 aliphatic carbocycles. The molecule has 10 heteroatoms. The van der Waals surface area contributed by atoms with Gasteiger partial charge in [-0.05, 0) is 29.2 Å². The minimum Gasteiger partial charge on any atom is -0.335 e. The fourth-order valence-corrected chi connectivity index (χ4v) is 7.11. The van der Waals surface area contributed by atoms with Crippen molar-refractivity contribution in [1.82, 2.24) is 18.6 Å². The van der Waals surface area contributed by atoms with Crippen LogP contribution < -0.4 is 0 Å². The molecule has 1 fully saturated rings. The molecule has 1 aliphatic heterocycles. The van der Waals surface area contributed by atoms with E-state index in [1.165, 1.54) is 15.6 Å². The molecule has 0 atom stereocenters. The van der Waals surface area contributed by atoms with E-state index in [2.05, 4.69) is 25.8 Å². The Labute approximate surface area is 195 Å². The van der Waals surface area contributed by atoms with Crippen LogP contribution in [0, 0.1) is 0 Å². The van der Waals surface area contributed by atoms with E-state index in [0.717, 1.165) is 20.9 Å². The molecule has 7 nitrogen and oxygen atoms in total. The largest absolute Gasteiger partial charge is 0.335 e. The van der Waals surface area contributed by atoms with E-state index >= 15 is 0 Å². The number of thiazole rings is 1. The van der Waals surface area contributed by atoms with Gasteiger partial charge in [0.2, 0.25) is 10.0 Å². The second kappa shape index (κ2) is 7.65. The first-order valence-corrected chi connectivity index (χ1v) is 13.5. The van der Waals surface area contributed by atoms with Gasteiger partial charge in [-0.15, -0.1) is 22.7 Å². The van der Waals surface area contributed by atoms with Gasteiger partial charge in [-0.2, -0.15) is 4.31 Å². The number of hydrogen-bond donors (Lipinski definition) is 0. The van der Waals surface area contributed by atoms with Gasteiger partial charge in [-0.3, -0.25) is 9.20 Å². The third-order valence-electron chi connectivity index (χ3n) is 5.83. The summed E-state index contributed by atoms with van der Waals surface area (Å²) in [5.74, 6) is -0.0662. The molecular weight excluding hydrogens is 464 g/mol. The molecule has 32 heavy (non-hydrogen) atoms. The van der Waals surface area contributed by atoms with Crippen LogP contribution in [-0.2, 0) is 15.4 Å². The van der Waals surface area contributed by atoms with E-state index < -0.39 is 10.0 Å². The Morgan fingerprint density at radius 2 is 1.75 bits per heavy atom. The van der Waals surface area contributed by atoms with Gasteiger partial charge in [0, 0.05) is 37.8 Å². The number of rotatable bonds is 3. The Balaban J connectivity index is 1.28. The molecule has 168 valence electrons. The number of benzene rings is 1. The van der Waals surface area contributed by atoms with Gasteiger partial charge < -0.3 is 4.90 Å². The lowest BCUT2D eigenvalue weighted by atomic mass is 9.87. The summed E-state index contributed by atoms with van der Waals surface area (Å²) in [4.78, 5) is 22.0. The number of aromatic nitrogens is 2. The standard InChI is InChI=1S/C22H24N4O3S3/c1-22(2,3)15-4-6-16(7-5-15)32(28,29)25-10-8-24(9-11-25)20(27)18-14-17-19(31-18)23-21-26(17)12-13-30-21/h4-7,12-14H,8-11H2,1-3H3. The smallest absolute Gasteiger partial charge is 0.264 e. The first-order valence-electron chi connectivity index (χ1n) is 10.4. The molecule has 5 rings (SSSR count). The molecule has 0 bridgehead atoms. The van der Waals surface area contributed by atoms with Crippen LogP contribution >= 0.6 is 22.7 Å². The number of hydrogen-bond acceptors (Lipinski definition) is 6. The number of fused-ring (bicyclic) bond motifs is 3. The number of nitrogens with zero attached hydrogens (tertiary/aromatic N) is 4. The van der Waals surface area contributed by atoms with E-state index in [-0.39, 0.29) is 24.4 Å². The van der Waals surface area contributed by atoms with Crippen molar-refractivity contribution in [3.63, 3.8) is 0 Å². The molecule has 4 heterocycles. The molecule has 0 radical (unpaired) electrons. The fourth-order valence-electron chi connectivity index (χ4n) is 3.92. The predicted octanol–water partition coefficient (Wildman–Crippen LogP) is 4.05. The van der Waals surface area contributed by atoms with Crippen LogP contribution in [0.5, 0.6) is 0 Å². The zero-order valence-corrected chi connectivity index (χ0v) is 20.6. The molecule has 0 saturated carbocycles. The highest BCUT2D eigenvalue weighted by molar-refractivity contribution is 7.89. The Morgan fingerprint density at radius 3 is 2.41 bits per heavy atom. The summed E-state index contributed by atoms with van der Waals surface area (Å²) in [6.07, 6.45) is 1.95. The van der Waals surface area contributed by atoms with Crippen molar-refractivity contribution in [3.05, 3.63) is 52.3 Å². The summed E-state index contributed by atoms with van der Waals surface area (Å²) in [6, 6.07) is 9.01. The Bertz CT molecular complexity index is 1400. The van der Waals surface area contributed by atoms with Gasteiger partial charge in [0.15, 0.2) is 4.96 Å². The second-order valence-corrected chi connectivity index (χ2v) is 12.8. The van der Waals surface area contributed by atoms with E-state index in [9.17, 15) is 13.2 Å². The maximum Gasteiger partial charge on any atom is 0.264 e. The molecule has 0 spiro atoms. The topological polar surface area (TPSA) is 75.0 Å². The Hall–Kier alpha value is -2.27. The van der Waals surface area contributed by atoms with Crippen molar-refractivity contribution in [2.45, 2.75) is 31.1 Å². The fraction of sp³-hybridized carbons (Fsp3) is 0.364. The van der Waals surface area contributed by atoms with Crippen molar-refractivity contribution in [2.75, 3.05) is 26.2 Å². The average Bonchev–Trinajstić information content (AvgIpc) is 3.45. The third-order valence-corrected chi connectivity index (χ3v) is 9.51. The highest BCUT2D eigenvalue weighted by atomic mass is 32.2. The van der Waals surface area contributed by atoms with Crippen molar-refractivity contribution in [1.29, 1.82) is 0 Å². The maximum absolute atomic E-state index is 13.1. The quantitative estimate of drug-likeness (QED) is 0.436. The molecule has 3 aromatic heterocycles. The number of amides is 1. The van der Waals surface area contributed by atoms with Crippen LogP contribution in [0.2, 0.25) is 0 Å². The summed E-state index contributed by atoms with van der Waals surface area (Å²) >= 11 is 2.95. The lowest BCUT2D eigenvalue weighted by Gasteiger charge is -2.33. The number of carbonyl (C=O) groups is 1. The van der Waals surface area contributed by atoms with E-state index in [1.807, 2.05) is 34.2 Å². The minimum absolute atomic E-state index is 0.0347. The lowest BCUT2D eigenvalue weighted by Crippen LogP contribution is -2.50. The van der Waals surface area contributed by atoms with Gasteiger partial charge in [0.25, 0.3) is 5.91 Å². The minimum atomic E-state index is -3.58. The first-order chi connectivity index (χ1) is 15.1. The molecular formula is C22H24N4O3S3. The molecule has 1 aromatic carbocycles. The molecule has 1 aliphatic rings. The van der Waals surface area contributed by atoms with E-state index in [0.29, 0.717) is 22.9 Å². The number of imidazole rings is 1. The number of piperazine rings is 1. The van der Waals surface area contributed by atoms with Crippen LogP contribution in [-0.4, -0.2) is 59.1 Å². The Morgan fingerprint density at radius 1 is 1.06 bits per heavy atom. The van der Waals surface area contributed by atoms with Gasteiger partial charge >= 0.3 is 0 Å². The monoisotopic (exact) mass is 488 g/mol. The summed E-state index contributed by atoms with van der Waals surface area (Å²) in [6.45, 7) is 7.61. The summed E-state index contributed by atoms with van der Waals surface area (Å²) in [7, 11) is -3.58. The highest BCUT2D eigenvalue weighted by Crippen LogP contribution is 2.30. The van der Waals surface area contributed by atoms with Gasteiger partial charge in [0.05, 0.1) is 15.3 Å². The molecule has 0 unspecified atom stereocenters. The van der Waals surface area contributed by atoms with Crippen LogP contribution in [0.4, 0.5) is 0 Å². The summed E-state index contributed by atoms with van der Waals surface area (Å²) < 4.78 is 29.6. The van der Waals surface area contributed by atoms with Crippen LogP contribution in [0.3, 0.4) is 0 Å². The first kappa shape index (κ1) is 21.6. The number of sulfonamides is 1. The van der Waals surface area contributed by atoms with Crippen LogP contribution in [0.15, 0.2) is 46.8 Å². The van der Waals surface area contributed by atoms with Crippen molar-refractivity contribution in [2.24, 2.45) is 0 Å². The zero-order valence-electron chi connectivity index (χ0n) is 18.1. The van der Waals surface area contributed by atoms with Crippen molar-refractivity contribution >= 4 is 53.9 Å². The van der Waals surface area contributed by atoms with Crippen molar-refractivity contribution in [3.8, 4) is 0 Å². The molecule has 1 saturated heterocycles. The average molecular weight is 489 g/mol. The highest BCUT2D eigenvalue weighted by Gasteiger charge is 2.31. The second-order valence-electron chi connectivity index (χ2n) is 8.94. The van der Waals surface area contributed by atoms with Gasteiger partial charge in [-0.25, -0.2) is 13.4 Å². The normalized spacial score (nSPS) is 16.3. The maximum atomic E-state index is 13.1. The number of thiophene rings is 1. The zero-order chi connectivity index (χ0) is 22.7. The summed E-state index contributed by atoms with van der Waals surface area (Å²) in [5.41, 5.74) is 2.00. The van der Waals surface area contributed by atoms with Crippen LogP contribution in [0.1, 0.15) is 36.0 Å². The van der Waals surface area contributed by atoms with Crippen LogP contribution in [0.25, 0.3) is 15.3 Å². The molecule has 4 aromatic rings. The lowest BCUT2D eigenvalue weighted by molar-refractivity contribution is 0.0703. The molecule has 0 N–H and O–H groups in total. The SMILES string of the molecule is CC(C)(C)c1ccc(S(=O)(=O)N2CCN(C(=O)c3cc4c(nc5sccn54)s3)CC2)cc1. The number of carbonyl (C=O) groups excluding carboxylic acids is 1. The van der Waals surface area contributed by atoms with E-state index in [4.69, 9.17) is 0 Å². The molecule has 1 amide bonds. The van der Waals surface area contributed by atoms with Crippen molar-refractivity contribution < 1.29 is 13.2 Å². The Kier molecular flexibility index (Phi) is 5.16. The predicted molar refractivity (Wildman–Crippen MR) is 128 cm³/mol. The van der Waals surface area contributed by atoms with E-state index in [1.54, 1.807) is 28.4 Å². The summed E-state index contributed by atoms with van der Waals surface area (Å²) in [5, 5.41) is 1.97.